The van der Waals surface area contributed by atoms with Gasteiger partial charge in [0.2, 0.25) is 5.91 Å². The molecule has 8 rings (SSSR count). The van der Waals surface area contributed by atoms with E-state index in [0.29, 0.717) is 22.6 Å². The lowest BCUT2D eigenvalue weighted by molar-refractivity contribution is -0.113. The molecule has 3 aliphatic rings. The quantitative estimate of drug-likeness (QED) is 0.285. The summed E-state index contributed by atoms with van der Waals surface area (Å²) in [4.78, 5) is 34.6. The van der Waals surface area contributed by atoms with Crippen LogP contribution in [0.25, 0.3) is 28.1 Å². The fraction of sp³-hybridized carbons (Fsp3) is 0.179. The number of aromatic nitrogens is 6. The Labute approximate surface area is 241 Å². The van der Waals surface area contributed by atoms with Crippen LogP contribution >= 0.6 is 35.0 Å². The number of nitrogens with one attached hydrogen (secondary N) is 2. The van der Waals surface area contributed by atoms with E-state index in [1.54, 1.807) is 23.0 Å². The molecule has 2 N–H and O–H groups in total. The Balaban J connectivity index is 1.17. The number of pyridine rings is 1. The number of carbonyl (C=O) groups is 1. The summed E-state index contributed by atoms with van der Waals surface area (Å²) in [7, 11) is 0. The number of nitrogens with zero attached hydrogens (tertiary/aromatic N) is 5. The number of amides is 1. The summed E-state index contributed by atoms with van der Waals surface area (Å²) in [5.41, 5.74) is 5.87. The van der Waals surface area contributed by atoms with Crippen LogP contribution in [0.1, 0.15) is 29.9 Å². The lowest BCUT2D eigenvalue weighted by Gasteiger charge is -2.18. The van der Waals surface area contributed by atoms with Crippen molar-refractivity contribution in [2.45, 2.75) is 23.3 Å². The molecule has 5 aromatic rings. The van der Waals surface area contributed by atoms with Crippen molar-refractivity contribution in [1.82, 2.24) is 29.5 Å². The number of carbonyl (C=O) groups excluding carboxylic acids is 1. The fourth-order valence-corrected chi connectivity index (χ4v) is 7.08. The standard InChI is InChI=1S/C28H19Cl2N7O2S/c29-15-2-4-21(36-11-24(30)34-35-36)16(8-15)14-5-22-17-9-18(17)27(37(22)26(39)7-14)28-31-10-20(33-28)13-1-3-19-23(6-13)40-12-25(38)32-19/h1-8,10-11,17-18,27H,9,12H2,(H,31,33)(H,32,38). The van der Waals surface area contributed by atoms with Crippen molar-refractivity contribution in [2.75, 3.05) is 11.1 Å². The predicted molar refractivity (Wildman–Crippen MR) is 153 cm³/mol. The molecule has 9 nitrogen and oxygen atoms in total. The van der Waals surface area contributed by atoms with E-state index in [4.69, 9.17) is 28.2 Å². The molecular weight excluding hydrogens is 569 g/mol. The van der Waals surface area contributed by atoms with Crippen molar-refractivity contribution in [3.63, 3.8) is 0 Å². The van der Waals surface area contributed by atoms with Gasteiger partial charge in [-0.05, 0) is 54.3 Å². The number of aromatic amines is 1. The van der Waals surface area contributed by atoms with Gasteiger partial charge in [-0.3, -0.25) is 9.59 Å². The average molecular weight is 588 g/mol. The van der Waals surface area contributed by atoms with Gasteiger partial charge in [0, 0.05) is 38.7 Å². The zero-order chi connectivity index (χ0) is 27.1. The molecule has 1 amide bonds. The first-order chi connectivity index (χ1) is 19.4. The molecule has 1 saturated carbocycles. The zero-order valence-corrected chi connectivity index (χ0v) is 23.0. The summed E-state index contributed by atoms with van der Waals surface area (Å²) < 4.78 is 3.46. The van der Waals surface area contributed by atoms with Crippen LogP contribution in [0.5, 0.6) is 0 Å². The molecule has 2 aromatic carbocycles. The van der Waals surface area contributed by atoms with Gasteiger partial charge in [0.25, 0.3) is 5.56 Å². The van der Waals surface area contributed by atoms with Gasteiger partial charge in [-0.1, -0.05) is 34.5 Å². The zero-order valence-electron chi connectivity index (χ0n) is 20.6. The number of fused-ring (bicyclic) bond motifs is 4. The Morgan fingerprint density at radius 3 is 2.77 bits per heavy atom. The summed E-state index contributed by atoms with van der Waals surface area (Å²) in [5, 5.41) is 11.7. The van der Waals surface area contributed by atoms with Crippen molar-refractivity contribution >= 4 is 46.6 Å². The lowest BCUT2D eigenvalue weighted by Crippen LogP contribution is -2.26. The second-order valence-corrected chi connectivity index (χ2v) is 12.0. The van der Waals surface area contributed by atoms with Gasteiger partial charge in [-0.15, -0.1) is 16.9 Å². The molecular formula is C28H19Cl2N7O2S. The Hall–Kier alpha value is -3.86. The Morgan fingerprint density at radius 2 is 1.93 bits per heavy atom. The molecule has 3 atom stereocenters. The van der Waals surface area contributed by atoms with Gasteiger partial charge in [0.1, 0.15) is 5.82 Å². The maximum Gasteiger partial charge on any atom is 0.252 e. The van der Waals surface area contributed by atoms with Crippen LogP contribution in [0.3, 0.4) is 0 Å². The van der Waals surface area contributed by atoms with Crippen LogP contribution in [0.2, 0.25) is 10.2 Å². The minimum atomic E-state index is -0.158. The third-order valence-electron chi connectivity index (χ3n) is 7.78. The van der Waals surface area contributed by atoms with Crippen LogP contribution < -0.4 is 10.9 Å². The summed E-state index contributed by atoms with van der Waals surface area (Å²) >= 11 is 13.9. The smallest absolute Gasteiger partial charge is 0.252 e. The van der Waals surface area contributed by atoms with Gasteiger partial charge >= 0.3 is 0 Å². The Kier molecular flexibility index (Phi) is 5.29. The summed E-state index contributed by atoms with van der Waals surface area (Å²) in [6.45, 7) is 0. The van der Waals surface area contributed by atoms with Crippen molar-refractivity contribution in [3.05, 3.63) is 93.0 Å². The van der Waals surface area contributed by atoms with E-state index in [9.17, 15) is 9.59 Å². The molecule has 5 heterocycles. The Morgan fingerprint density at radius 1 is 1.02 bits per heavy atom. The van der Waals surface area contributed by atoms with E-state index in [2.05, 4.69) is 32.7 Å². The first-order valence-electron chi connectivity index (χ1n) is 12.7. The molecule has 40 heavy (non-hydrogen) atoms. The van der Waals surface area contributed by atoms with Gasteiger partial charge in [0.05, 0.1) is 41.3 Å². The molecule has 1 aliphatic carbocycles. The van der Waals surface area contributed by atoms with Crippen LogP contribution in [0.4, 0.5) is 5.69 Å². The maximum absolute atomic E-state index is 13.7. The van der Waals surface area contributed by atoms with Crippen molar-refractivity contribution in [3.8, 4) is 28.1 Å². The number of rotatable bonds is 4. The lowest BCUT2D eigenvalue weighted by atomic mass is 10.0. The molecule has 0 spiro atoms. The van der Waals surface area contributed by atoms with Gasteiger partial charge in [-0.25, -0.2) is 9.67 Å². The second-order valence-electron chi connectivity index (χ2n) is 10.2. The van der Waals surface area contributed by atoms with Gasteiger partial charge < -0.3 is 14.9 Å². The molecule has 3 aromatic heterocycles. The number of hydrogen-bond donors (Lipinski definition) is 2. The van der Waals surface area contributed by atoms with Crippen LogP contribution in [0.15, 0.2) is 70.6 Å². The molecule has 198 valence electrons. The topological polar surface area (TPSA) is 110 Å². The number of imidazole rings is 1. The highest BCUT2D eigenvalue weighted by Gasteiger charge is 2.54. The molecule has 12 heteroatoms. The molecule has 0 radical (unpaired) electrons. The summed E-state index contributed by atoms with van der Waals surface area (Å²) in [6.07, 6.45) is 4.44. The van der Waals surface area contributed by atoms with Gasteiger partial charge in [-0.2, -0.15) is 0 Å². The monoisotopic (exact) mass is 587 g/mol. The number of anilines is 1. The van der Waals surface area contributed by atoms with Gasteiger partial charge in [0.15, 0.2) is 5.15 Å². The normalized spacial score (nSPS) is 20.6. The number of H-pyrrole nitrogens is 1. The number of benzene rings is 2. The van der Waals surface area contributed by atoms with E-state index in [0.717, 1.165) is 56.6 Å². The summed E-state index contributed by atoms with van der Waals surface area (Å²) in [6, 6.07) is 15.0. The first kappa shape index (κ1) is 24.0. The van der Waals surface area contributed by atoms with Crippen LogP contribution in [0, 0.1) is 5.92 Å². The molecule has 0 bridgehead atoms. The van der Waals surface area contributed by atoms with E-state index >= 15 is 0 Å². The number of hydrogen-bond acceptors (Lipinski definition) is 6. The average Bonchev–Trinajstić information content (AvgIpc) is 3.23. The van der Waals surface area contributed by atoms with Crippen LogP contribution in [-0.2, 0) is 4.79 Å². The van der Waals surface area contributed by atoms with Crippen molar-refractivity contribution in [1.29, 1.82) is 0 Å². The SMILES string of the molecule is O=C1CSc2cc(-c3cnc(C4C5CC5c5cc(-c6cc(Cl)ccc6-n6cc(Cl)nn6)cc(=O)n54)[nH]3)ccc2N1. The van der Waals surface area contributed by atoms with E-state index in [1.165, 1.54) is 11.8 Å². The molecule has 0 saturated heterocycles. The Bertz CT molecular complexity index is 1930. The predicted octanol–water partition coefficient (Wildman–Crippen LogP) is 5.54. The highest BCUT2D eigenvalue weighted by atomic mass is 35.5. The minimum Gasteiger partial charge on any atom is -0.340 e. The molecule has 2 aliphatic heterocycles. The third kappa shape index (κ3) is 3.81. The first-order valence-corrected chi connectivity index (χ1v) is 14.4. The van der Waals surface area contributed by atoms with Crippen molar-refractivity contribution in [2.24, 2.45) is 5.92 Å². The number of halogens is 2. The second kappa shape index (κ2) is 8.82. The van der Waals surface area contributed by atoms with Crippen LogP contribution in [-0.4, -0.2) is 41.2 Å². The molecule has 1 fully saturated rings. The highest BCUT2D eigenvalue weighted by molar-refractivity contribution is 8.00. The highest BCUT2D eigenvalue weighted by Crippen LogP contribution is 2.60. The van der Waals surface area contributed by atoms with E-state index in [1.807, 2.05) is 35.0 Å². The fourth-order valence-electron chi connectivity index (χ4n) is 5.94. The van der Waals surface area contributed by atoms with Crippen molar-refractivity contribution < 1.29 is 4.79 Å². The van der Waals surface area contributed by atoms with E-state index in [-0.39, 0.29) is 22.7 Å². The maximum atomic E-state index is 13.7. The van der Waals surface area contributed by atoms with E-state index < -0.39 is 0 Å². The minimum absolute atomic E-state index is 0.0101. The molecule has 3 unspecified atom stereocenters. The summed E-state index contributed by atoms with van der Waals surface area (Å²) in [5.74, 6) is 1.79. The number of thioether (sulfide) groups is 1. The largest absolute Gasteiger partial charge is 0.340 e. The third-order valence-corrected chi connectivity index (χ3v) is 9.25.